The summed E-state index contributed by atoms with van der Waals surface area (Å²) in [6, 6.07) is 6.77. The lowest BCUT2D eigenvalue weighted by molar-refractivity contribution is -0.212. The Morgan fingerprint density at radius 1 is 1.38 bits per heavy atom. The molecule has 2 rings (SSSR count). The second kappa shape index (κ2) is 7.63. The monoisotopic (exact) mass is 346 g/mol. The maximum atomic E-state index is 12.5. The minimum absolute atomic E-state index is 0.0425. The molecule has 0 saturated carbocycles. The molecule has 0 aromatic heterocycles. The lowest BCUT2D eigenvalue weighted by Gasteiger charge is -2.17. The molecule has 2 N–H and O–H groups in total. The molecule has 24 heavy (non-hydrogen) atoms. The number of hydrogen-bond acceptors (Lipinski definition) is 5. The third-order valence-electron chi connectivity index (χ3n) is 3.33. The van der Waals surface area contributed by atoms with Crippen LogP contribution in [0.1, 0.15) is 12.5 Å². The van der Waals surface area contributed by atoms with Crippen LogP contribution in [0.5, 0.6) is 0 Å². The third kappa shape index (κ3) is 4.93. The van der Waals surface area contributed by atoms with E-state index in [9.17, 15) is 22.8 Å². The van der Waals surface area contributed by atoms with Gasteiger partial charge in [0.1, 0.15) is 18.7 Å². The second-order valence-corrected chi connectivity index (χ2v) is 5.30. The summed E-state index contributed by atoms with van der Waals surface area (Å²) in [6.07, 6.45) is -6.79. The van der Waals surface area contributed by atoms with Gasteiger partial charge < -0.3 is 14.8 Å². The molecule has 0 spiro atoms. The number of benzene rings is 1. The molecule has 1 aliphatic rings. The Morgan fingerprint density at radius 2 is 2.04 bits per heavy atom. The van der Waals surface area contributed by atoms with Crippen molar-refractivity contribution in [2.24, 2.45) is 0 Å². The number of rotatable bonds is 5. The van der Waals surface area contributed by atoms with Crippen molar-refractivity contribution in [1.82, 2.24) is 10.6 Å². The highest BCUT2D eigenvalue weighted by atomic mass is 19.4. The molecule has 1 aromatic rings. The van der Waals surface area contributed by atoms with Crippen LogP contribution in [-0.2, 0) is 25.7 Å². The Morgan fingerprint density at radius 3 is 2.62 bits per heavy atom. The Kier molecular flexibility index (Phi) is 5.79. The molecule has 132 valence electrons. The van der Waals surface area contributed by atoms with Gasteiger partial charge in [-0.15, -0.1) is 0 Å². The normalized spacial score (nSPS) is 22.0. The van der Waals surface area contributed by atoms with Gasteiger partial charge in [-0.3, -0.25) is 10.1 Å². The van der Waals surface area contributed by atoms with Crippen molar-refractivity contribution >= 4 is 11.9 Å². The van der Waals surface area contributed by atoms with Crippen LogP contribution in [0.2, 0.25) is 0 Å². The molecule has 0 aliphatic carbocycles. The summed E-state index contributed by atoms with van der Waals surface area (Å²) in [5.41, 5.74) is 0.781. The van der Waals surface area contributed by atoms with Crippen molar-refractivity contribution in [2.45, 2.75) is 38.0 Å². The van der Waals surface area contributed by atoms with Gasteiger partial charge in [0.2, 0.25) is 12.1 Å². The Balaban J connectivity index is 1.78. The van der Waals surface area contributed by atoms with E-state index < -0.39 is 43.0 Å². The van der Waals surface area contributed by atoms with Crippen molar-refractivity contribution < 1.29 is 32.2 Å². The summed E-state index contributed by atoms with van der Waals surface area (Å²) in [7, 11) is 0. The summed E-state index contributed by atoms with van der Waals surface area (Å²) in [5, 5.41) is 4.33. The highest BCUT2D eigenvalue weighted by molar-refractivity contribution is 5.87. The fourth-order valence-electron chi connectivity index (χ4n) is 2.04. The van der Waals surface area contributed by atoms with Crippen molar-refractivity contribution in [3.8, 4) is 0 Å². The van der Waals surface area contributed by atoms with Gasteiger partial charge >= 0.3 is 12.1 Å². The zero-order valence-corrected chi connectivity index (χ0v) is 12.8. The summed E-state index contributed by atoms with van der Waals surface area (Å²) in [4.78, 5) is 23.7. The first-order chi connectivity index (χ1) is 11.3. The number of amides is 1. The lowest BCUT2D eigenvalue weighted by atomic mass is 10.2. The zero-order valence-electron chi connectivity index (χ0n) is 12.8. The van der Waals surface area contributed by atoms with Crippen LogP contribution in [0.3, 0.4) is 0 Å². The van der Waals surface area contributed by atoms with Crippen molar-refractivity contribution in [1.29, 1.82) is 0 Å². The van der Waals surface area contributed by atoms with Crippen molar-refractivity contribution in [3.63, 3.8) is 0 Å². The number of nitrogens with one attached hydrogen (secondary N) is 2. The average Bonchev–Trinajstić information content (AvgIpc) is 3.04. The second-order valence-electron chi connectivity index (χ2n) is 5.30. The van der Waals surface area contributed by atoms with E-state index >= 15 is 0 Å². The predicted octanol–water partition coefficient (Wildman–Crippen LogP) is 1.11. The number of carbonyl (C=O) groups excluding carboxylic acids is 2. The van der Waals surface area contributed by atoms with Crippen LogP contribution < -0.4 is 10.6 Å². The van der Waals surface area contributed by atoms with Crippen LogP contribution in [0.25, 0.3) is 0 Å². The minimum Gasteiger partial charge on any atom is -0.459 e. The average molecular weight is 346 g/mol. The van der Waals surface area contributed by atoms with Gasteiger partial charge in [-0.05, 0) is 12.5 Å². The molecule has 1 saturated heterocycles. The van der Waals surface area contributed by atoms with Crippen LogP contribution in [0.15, 0.2) is 30.3 Å². The first kappa shape index (κ1) is 18.2. The van der Waals surface area contributed by atoms with E-state index in [0.717, 1.165) is 5.56 Å². The zero-order chi connectivity index (χ0) is 17.7. The smallest absolute Gasteiger partial charge is 0.428 e. The third-order valence-corrected chi connectivity index (χ3v) is 3.33. The minimum atomic E-state index is -4.60. The van der Waals surface area contributed by atoms with E-state index in [1.54, 1.807) is 24.3 Å². The molecule has 1 aromatic carbocycles. The predicted molar refractivity (Wildman–Crippen MR) is 76.6 cm³/mol. The Labute approximate surface area is 136 Å². The summed E-state index contributed by atoms with van der Waals surface area (Å²) in [5.74, 6) is -1.44. The molecule has 9 heteroatoms. The highest BCUT2D eigenvalue weighted by Gasteiger charge is 2.47. The molecular formula is C15H17F3N2O4. The van der Waals surface area contributed by atoms with Gasteiger partial charge in [0.05, 0.1) is 6.61 Å². The molecule has 0 radical (unpaired) electrons. The number of esters is 1. The van der Waals surface area contributed by atoms with Gasteiger partial charge in [-0.2, -0.15) is 13.2 Å². The molecule has 3 atom stereocenters. The van der Waals surface area contributed by atoms with E-state index in [1.807, 2.05) is 11.4 Å². The van der Waals surface area contributed by atoms with Crippen molar-refractivity contribution in [2.75, 3.05) is 6.61 Å². The van der Waals surface area contributed by atoms with E-state index in [4.69, 9.17) is 4.74 Å². The quantitative estimate of drug-likeness (QED) is 0.781. The molecule has 1 amide bonds. The van der Waals surface area contributed by atoms with Crippen LogP contribution in [0.4, 0.5) is 13.2 Å². The summed E-state index contributed by atoms with van der Waals surface area (Å²) >= 11 is 0. The maximum absolute atomic E-state index is 12.5. The van der Waals surface area contributed by atoms with E-state index in [-0.39, 0.29) is 6.61 Å². The fraction of sp³-hybridized carbons (Fsp3) is 0.467. The molecule has 0 bridgehead atoms. The number of alkyl halides is 3. The fourth-order valence-corrected chi connectivity index (χ4v) is 2.04. The van der Waals surface area contributed by atoms with Gasteiger partial charge in [0.25, 0.3) is 0 Å². The van der Waals surface area contributed by atoms with Crippen LogP contribution >= 0.6 is 0 Å². The Bertz CT molecular complexity index is 580. The van der Waals surface area contributed by atoms with E-state index in [2.05, 4.69) is 10.1 Å². The number of carbonyl (C=O) groups is 2. The molecule has 0 unspecified atom stereocenters. The molecule has 6 nitrogen and oxygen atoms in total. The maximum Gasteiger partial charge on any atom is 0.428 e. The van der Waals surface area contributed by atoms with E-state index in [0.29, 0.717) is 0 Å². The SMILES string of the molecule is C[C@H](NC(=O)[C@@H]1CO[C@H](C(F)(F)F)N1)C(=O)OCc1ccccc1. The first-order valence-corrected chi connectivity index (χ1v) is 7.22. The van der Waals surface area contributed by atoms with Crippen molar-refractivity contribution in [3.05, 3.63) is 35.9 Å². The standard InChI is InChI=1S/C15H17F3N2O4/c1-9(13(22)23-7-10-5-3-2-4-6-10)19-12(21)11-8-24-14(20-11)15(16,17)18/h2-6,9,11,14,20H,7-8H2,1H3,(H,19,21)/t9-,11-,14+/m0/s1. The number of hydrogen-bond donors (Lipinski definition) is 2. The van der Waals surface area contributed by atoms with Gasteiger partial charge in [0.15, 0.2) is 0 Å². The number of ether oxygens (including phenoxy) is 2. The molecule has 1 fully saturated rings. The van der Waals surface area contributed by atoms with Crippen LogP contribution in [0, 0.1) is 0 Å². The topological polar surface area (TPSA) is 76.7 Å². The van der Waals surface area contributed by atoms with E-state index in [1.165, 1.54) is 6.92 Å². The Hall–Kier alpha value is -2.13. The van der Waals surface area contributed by atoms with Gasteiger partial charge in [0, 0.05) is 0 Å². The lowest BCUT2D eigenvalue weighted by Crippen LogP contribution is -2.51. The highest BCUT2D eigenvalue weighted by Crippen LogP contribution is 2.24. The first-order valence-electron chi connectivity index (χ1n) is 7.22. The molecular weight excluding hydrogens is 329 g/mol. The van der Waals surface area contributed by atoms with Gasteiger partial charge in [-0.25, -0.2) is 4.79 Å². The summed E-state index contributed by atoms with van der Waals surface area (Å²) < 4.78 is 46.9. The van der Waals surface area contributed by atoms with Gasteiger partial charge in [-0.1, -0.05) is 30.3 Å². The largest absolute Gasteiger partial charge is 0.459 e. The van der Waals surface area contributed by atoms with Crippen LogP contribution in [-0.4, -0.2) is 43.0 Å². The molecule has 1 heterocycles. The number of halogens is 3. The molecule has 1 aliphatic heterocycles. The summed E-state index contributed by atoms with van der Waals surface area (Å²) in [6.45, 7) is 1.00.